The molecule has 156 valence electrons. The number of ketones is 1. The van der Waals surface area contributed by atoms with Crippen molar-refractivity contribution in [1.29, 1.82) is 0 Å². The first-order chi connectivity index (χ1) is 15.1. The molecular formula is C27H27N3O. The normalized spacial score (nSPS) is 11.3. The van der Waals surface area contributed by atoms with Gasteiger partial charge in [0.2, 0.25) is 0 Å². The Morgan fingerprint density at radius 3 is 2.48 bits per heavy atom. The smallest absolute Gasteiger partial charge is 0.164 e. The number of anilines is 1. The van der Waals surface area contributed by atoms with Crippen LogP contribution in [0, 0.1) is 6.92 Å². The highest BCUT2D eigenvalue weighted by Gasteiger charge is 2.10. The van der Waals surface area contributed by atoms with Gasteiger partial charge < -0.3 is 9.88 Å². The summed E-state index contributed by atoms with van der Waals surface area (Å²) in [4.78, 5) is 22.7. The number of hydrogen-bond acceptors (Lipinski definition) is 3. The largest absolute Gasteiger partial charge is 0.371 e. The highest BCUT2D eigenvalue weighted by molar-refractivity contribution is 6.00. The molecule has 0 saturated carbocycles. The standard InChI is InChI=1S/C27H27N3O/c1-3-30(24-14-8-20(2)9-15-24)17-16-27(31)21-10-12-23(13-11-21)28-18-22-19-29-26-7-5-4-6-25(22)26/h4-15,18-19,29H,3,16-17H2,1-2H3. The molecule has 0 spiro atoms. The summed E-state index contributed by atoms with van der Waals surface area (Å²) in [7, 11) is 0. The molecule has 0 aliphatic carbocycles. The Bertz CT molecular complexity index is 1190. The van der Waals surface area contributed by atoms with Gasteiger partial charge in [0.05, 0.1) is 5.69 Å². The number of rotatable bonds is 8. The minimum Gasteiger partial charge on any atom is -0.371 e. The molecule has 0 aliphatic rings. The second-order valence-electron chi connectivity index (χ2n) is 7.68. The van der Waals surface area contributed by atoms with Gasteiger partial charge in [0.25, 0.3) is 0 Å². The van der Waals surface area contributed by atoms with Crippen molar-refractivity contribution in [3.05, 3.63) is 95.7 Å². The molecule has 0 fully saturated rings. The molecule has 0 bridgehead atoms. The Morgan fingerprint density at radius 2 is 1.74 bits per heavy atom. The van der Waals surface area contributed by atoms with Crippen LogP contribution in [0.5, 0.6) is 0 Å². The zero-order valence-corrected chi connectivity index (χ0v) is 18.0. The molecule has 1 N–H and O–H groups in total. The van der Waals surface area contributed by atoms with Crippen LogP contribution < -0.4 is 4.90 Å². The van der Waals surface area contributed by atoms with E-state index in [2.05, 4.69) is 59.1 Å². The number of Topliss-reactive ketones (excluding diaryl/α,β-unsaturated/α-hetero) is 1. The summed E-state index contributed by atoms with van der Waals surface area (Å²) < 4.78 is 0. The van der Waals surface area contributed by atoms with Crippen LogP contribution >= 0.6 is 0 Å². The first-order valence-electron chi connectivity index (χ1n) is 10.7. The van der Waals surface area contributed by atoms with E-state index >= 15 is 0 Å². The first-order valence-corrected chi connectivity index (χ1v) is 10.7. The van der Waals surface area contributed by atoms with Crippen LogP contribution in [0.3, 0.4) is 0 Å². The number of carbonyl (C=O) groups excluding carboxylic acids is 1. The highest BCUT2D eigenvalue weighted by atomic mass is 16.1. The molecule has 0 unspecified atom stereocenters. The predicted octanol–water partition coefficient (Wildman–Crippen LogP) is 6.33. The number of carbonyl (C=O) groups is 1. The molecule has 0 amide bonds. The predicted molar refractivity (Wildman–Crippen MR) is 130 cm³/mol. The lowest BCUT2D eigenvalue weighted by Gasteiger charge is -2.23. The number of fused-ring (bicyclic) bond motifs is 1. The number of para-hydroxylation sites is 1. The van der Waals surface area contributed by atoms with E-state index in [9.17, 15) is 4.79 Å². The van der Waals surface area contributed by atoms with Crippen LogP contribution in [0.25, 0.3) is 10.9 Å². The summed E-state index contributed by atoms with van der Waals surface area (Å²) in [5.41, 5.74) is 6.09. The van der Waals surface area contributed by atoms with E-state index < -0.39 is 0 Å². The minimum absolute atomic E-state index is 0.151. The van der Waals surface area contributed by atoms with E-state index in [0.717, 1.165) is 39.9 Å². The van der Waals surface area contributed by atoms with Crippen molar-refractivity contribution in [2.45, 2.75) is 20.3 Å². The number of aryl methyl sites for hydroxylation is 1. The number of aromatic amines is 1. The number of nitrogens with one attached hydrogen (secondary N) is 1. The third-order valence-corrected chi connectivity index (χ3v) is 5.55. The summed E-state index contributed by atoms with van der Waals surface area (Å²) in [6, 6.07) is 24.1. The molecular weight excluding hydrogens is 382 g/mol. The van der Waals surface area contributed by atoms with Crippen LogP contribution in [0.15, 0.2) is 84.0 Å². The molecule has 1 aromatic heterocycles. The van der Waals surface area contributed by atoms with Gasteiger partial charge in [0.15, 0.2) is 5.78 Å². The molecule has 0 atom stereocenters. The summed E-state index contributed by atoms with van der Waals surface area (Å²) in [6.07, 6.45) is 4.30. The highest BCUT2D eigenvalue weighted by Crippen LogP contribution is 2.19. The van der Waals surface area contributed by atoms with E-state index in [1.54, 1.807) is 0 Å². The van der Waals surface area contributed by atoms with E-state index in [-0.39, 0.29) is 5.78 Å². The van der Waals surface area contributed by atoms with Gasteiger partial charge in [-0.05, 0) is 56.3 Å². The Labute approximate surface area is 183 Å². The number of H-pyrrole nitrogens is 1. The lowest BCUT2D eigenvalue weighted by molar-refractivity contribution is 0.0984. The average Bonchev–Trinajstić information content (AvgIpc) is 3.22. The van der Waals surface area contributed by atoms with E-state index in [1.165, 1.54) is 5.56 Å². The van der Waals surface area contributed by atoms with Crippen LogP contribution in [0.4, 0.5) is 11.4 Å². The SMILES string of the molecule is CCN(CCC(=O)c1ccc(N=Cc2c[nH]c3ccccc23)cc1)c1ccc(C)cc1. The molecule has 0 aliphatic heterocycles. The van der Waals surface area contributed by atoms with Crippen molar-refractivity contribution in [3.63, 3.8) is 0 Å². The van der Waals surface area contributed by atoms with Gasteiger partial charge >= 0.3 is 0 Å². The minimum atomic E-state index is 0.151. The van der Waals surface area contributed by atoms with Gasteiger partial charge in [-0.25, -0.2) is 0 Å². The van der Waals surface area contributed by atoms with Crippen molar-refractivity contribution in [2.24, 2.45) is 4.99 Å². The summed E-state index contributed by atoms with van der Waals surface area (Å²) in [5, 5.41) is 1.15. The number of nitrogens with zero attached hydrogens (tertiary/aromatic N) is 2. The molecule has 4 rings (SSSR count). The van der Waals surface area contributed by atoms with Gasteiger partial charge in [-0.1, -0.05) is 35.9 Å². The van der Waals surface area contributed by atoms with Crippen molar-refractivity contribution in [1.82, 2.24) is 4.98 Å². The van der Waals surface area contributed by atoms with Crippen LogP contribution in [0.2, 0.25) is 0 Å². The first kappa shape index (κ1) is 20.6. The average molecular weight is 410 g/mol. The Kier molecular flexibility index (Phi) is 6.27. The molecule has 4 heteroatoms. The fourth-order valence-electron chi connectivity index (χ4n) is 3.68. The Balaban J connectivity index is 1.38. The van der Waals surface area contributed by atoms with E-state index in [4.69, 9.17) is 0 Å². The molecule has 4 nitrogen and oxygen atoms in total. The fourth-order valence-corrected chi connectivity index (χ4v) is 3.68. The summed E-state index contributed by atoms with van der Waals surface area (Å²) in [5.74, 6) is 0.151. The van der Waals surface area contributed by atoms with Crippen LogP contribution in [-0.4, -0.2) is 30.1 Å². The molecule has 1 heterocycles. The maximum absolute atomic E-state index is 12.7. The second-order valence-corrected chi connectivity index (χ2v) is 7.68. The van der Waals surface area contributed by atoms with Crippen LogP contribution in [0.1, 0.15) is 34.8 Å². The number of aliphatic imine (C=N–C) groups is 1. The summed E-state index contributed by atoms with van der Waals surface area (Å²) in [6.45, 7) is 5.78. The topological polar surface area (TPSA) is 48.5 Å². The number of benzene rings is 3. The lowest BCUT2D eigenvalue weighted by atomic mass is 10.1. The quantitative estimate of drug-likeness (QED) is 0.273. The zero-order valence-electron chi connectivity index (χ0n) is 18.0. The molecule has 0 radical (unpaired) electrons. The van der Waals surface area contributed by atoms with E-state index in [0.29, 0.717) is 13.0 Å². The third kappa shape index (κ3) is 4.92. The van der Waals surface area contributed by atoms with E-state index in [1.807, 2.05) is 54.9 Å². The van der Waals surface area contributed by atoms with Crippen molar-refractivity contribution >= 4 is 34.3 Å². The van der Waals surface area contributed by atoms with Crippen LogP contribution in [-0.2, 0) is 0 Å². The summed E-state index contributed by atoms with van der Waals surface area (Å²) >= 11 is 0. The third-order valence-electron chi connectivity index (χ3n) is 5.55. The molecule has 0 saturated heterocycles. The zero-order chi connectivity index (χ0) is 21.6. The molecule has 3 aromatic carbocycles. The lowest BCUT2D eigenvalue weighted by Crippen LogP contribution is -2.25. The second kappa shape index (κ2) is 9.43. The molecule has 4 aromatic rings. The number of aromatic nitrogens is 1. The molecule has 31 heavy (non-hydrogen) atoms. The van der Waals surface area contributed by atoms with Gasteiger partial charge in [-0.15, -0.1) is 0 Å². The fraction of sp³-hybridized carbons (Fsp3) is 0.185. The van der Waals surface area contributed by atoms with Gasteiger partial charge in [0, 0.05) is 59.6 Å². The van der Waals surface area contributed by atoms with Gasteiger partial charge in [0.1, 0.15) is 0 Å². The van der Waals surface area contributed by atoms with Crippen molar-refractivity contribution < 1.29 is 4.79 Å². The van der Waals surface area contributed by atoms with Crippen molar-refractivity contribution in [3.8, 4) is 0 Å². The Hall–Kier alpha value is -3.66. The van der Waals surface area contributed by atoms with Gasteiger partial charge in [-0.2, -0.15) is 0 Å². The number of hydrogen-bond donors (Lipinski definition) is 1. The maximum Gasteiger partial charge on any atom is 0.164 e. The van der Waals surface area contributed by atoms with Gasteiger partial charge in [-0.3, -0.25) is 9.79 Å². The maximum atomic E-state index is 12.7. The monoisotopic (exact) mass is 409 g/mol. The van der Waals surface area contributed by atoms with Crippen molar-refractivity contribution in [2.75, 3.05) is 18.0 Å². The Morgan fingerprint density at radius 1 is 1.00 bits per heavy atom.